The van der Waals surface area contributed by atoms with Gasteiger partial charge in [-0.15, -0.1) is 0 Å². The van der Waals surface area contributed by atoms with Crippen molar-refractivity contribution in [3.63, 3.8) is 0 Å². The first-order valence-electron chi connectivity index (χ1n) is 12.1. The second-order valence-electron chi connectivity index (χ2n) is 8.57. The summed E-state index contributed by atoms with van der Waals surface area (Å²) in [6.45, 7) is 4.07. The number of benzene rings is 3. The minimum Gasteiger partial charge on any atom is -0.494 e. The Kier molecular flexibility index (Phi) is 6.89. The molecule has 0 aliphatic carbocycles. The Morgan fingerprint density at radius 2 is 1.64 bits per heavy atom. The molecular weight excluding hydrogens is 504 g/mol. The van der Waals surface area contributed by atoms with Gasteiger partial charge in [-0.25, -0.2) is 4.79 Å². The van der Waals surface area contributed by atoms with Gasteiger partial charge in [0.25, 0.3) is 0 Å². The molecule has 9 nitrogen and oxygen atoms in total. The number of rotatable bonds is 8. The highest BCUT2D eigenvalue weighted by atomic mass is 16.5. The molecule has 1 aromatic heterocycles. The molecule has 0 radical (unpaired) electrons. The molecule has 5 rings (SSSR count). The van der Waals surface area contributed by atoms with E-state index in [-0.39, 0.29) is 23.0 Å². The number of Topliss-reactive ketones (excluding diaryl/α,β-unsaturated/α-hetero) is 1. The number of carbonyl (C=O) groups is 2. The summed E-state index contributed by atoms with van der Waals surface area (Å²) in [4.78, 5) is 26.2. The van der Waals surface area contributed by atoms with E-state index < -0.39 is 5.97 Å². The van der Waals surface area contributed by atoms with Crippen LogP contribution < -0.4 is 28.4 Å². The minimum absolute atomic E-state index is 0.0999. The molecule has 3 aromatic carbocycles. The molecule has 0 saturated carbocycles. The van der Waals surface area contributed by atoms with Crippen LogP contribution >= 0.6 is 0 Å². The summed E-state index contributed by atoms with van der Waals surface area (Å²) < 4.78 is 38.9. The first-order valence-corrected chi connectivity index (χ1v) is 12.1. The van der Waals surface area contributed by atoms with Crippen LogP contribution in [-0.4, -0.2) is 39.7 Å². The lowest BCUT2D eigenvalue weighted by Crippen LogP contribution is -2.09. The van der Waals surface area contributed by atoms with Crippen molar-refractivity contribution in [2.75, 3.05) is 27.9 Å². The molecule has 0 saturated heterocycles. The Labute approximate surface area is 224 Å². The van der Waals surface area contributed by atoms with E-state index in [0.717, 1.165) is 0 Å². The molecule has 0 amide bonds. The quantitative estimate of drug-likeness (QED) is 0.154. The van der Waals surface area contributed by atoms with Crippen LogP contribution in [0.1, 0.15) is 39.0 Å². The van der Waals surface area contributed by atoms with E-state index >= 15 is 0 Å². The number of methoxy groups -OCH3 is 3. The Morgan fingerprint density at radius 1 is 0.923 bits per heavy atom. The van der Waals surface area contributed by atoms with Crippen molar-refractivity contribution in [3.05, 3.63) is 76.7 Å². The summed E-state index contributed by atoms with van der Waals surface area (Å²) in [5.74, 6) is 2.05. The van der Waals surface area contributed by atoms with E-state index in [1.807, 2.05) is 6.92 Å². The fourth-order valence-corrected chi connectivity index (χ4v) is 4.43. The zero-order valence-corrected chi connectivity index (χ0v) is 22.1. The highest BCUT2D eigenvalue weighted by Crippen LogP contribution is 2.40. The minimum atomic E-state index is -0.600. The van der Waals surface area contributed by atoms with E-state index in [1.54, 1.807) is 55.5 Å². The smallest absolute Gasteiger partial charge is 0.347 e. The lowest BCUT2D eigenvalue weighted by atomic mass is 10.1. The summed E-state index contributed by atoms with van der Waals surface area (Å²) in [6.07, 6.45) is 1.58. The molecule has 2 heterocycles. The number of furan rings is 1. The monoisotopic (exact) mass is 530 g/mol. The molecule has 0 bridgehead atoms. The van der Waals surface area contributed by atoms with Gasteiger partial charge >= 0.3 is 5.97 Å². The van der Waals surface area contributed by atoms with Crippen LogP contribution in [-0.2, 0) is 0 Å². The average molecular weight is 531 g/mol. The maximum Gasteiger partial charge on any atom is 0.347 e. The van der Waals surface area contributed by atoms with E-state index in [0.29, 0.717) is 63.0 Å². The third kappa shape index (κ3) is 4.74. The van der Waals surface area contributed by atoms with Gasteiger partial charge in [-0.3, -0.25) is 4.79 Å². The number of esters is 1. The van der Waals surface area contributed by atoms with Crippen LogP contribution in [0, 0.1) is 6.92 Å². The predicted molar refractivity (Wildman–Crippen MR) is 143 cm³/mol. The maximum absolute atomic E-state index is 13.1. The summed E-state index contributed by atoms with van der Waals surface area (Å²) in [7, 11) is 4.53. The van der Waals surface area contributed by atoms with Gasteiger partial charge in [0.05, 0.1) is 33.5 Å². The summed E-state index contributed by atoms with van der Waals surface area (Å²) in [5.41, 5.74) is 1.81. The highest BCUT2D eigenvalue weighted by Gasteiger charge is 2.29. The van der Waals surface area contributed by atoms with E-state index in [2.05, 4.69) is 0 Å². The Morgan fingerprint density at radius 3 is 2.31 bits per heavy atom. The Bertz CT molecular complexity index is 1600. The van der Waals surface area contributed by atoms with Gasteiger partial charge in [0.2, 0.25) is 11.5 Å². The van der Waals surface area contributed by atoms with Crippen LogP contribution in [0.2, 0.25) is 0 Å². The van der Waals surface area contributed by atoms with Crippen LogP contribution in [0.3, 0.4) is 0 Å². The fraction of sp³-hybridized carbons (Fsp3) is 0.200. The molecule has 1 aliphatic rings. The lowest BCUT2D eigenvalue weighted by molar-refractivity contribution is 0.0734. The second kappa shape index (κ2) is 10.4. The molecule has 200 valence electrons. The number of ketones is 1. The summed E-state index contributed by atoms with van der Waals surface area (Å²) in [5, 5.41) is 0.589. The van der Waals surface area contributed by atoms with Crippen LogP contribution in [0.4, 0.5) is 0 Å². The van der Waals surface area contributed by atoms with Gasteiger partial charge in [-0.05, 0) is 68.0 Å². The average Bonchev–Trinajstić information content (AvgIpc) is 3.42. The lowest BCUT2D eigenvalue weighted by Gasteiger charge is -2.13. The van der Waals surface area contributed by atoms with Crippen molar-refractivity contribution in [2.45, 2.75) is 13.8 Å². The van der Waals surface area contributed by atoms with Crippen molar-refractivity contribution in [1.29, 1.82) is 0 Å². The van der Waals surface area contributed by atoms with Crippen molar-refractivity contribution in [3.8, 4) is 34.5 Å². The number of ether oxygens (including phenoxy) is 6. The number of hydrogen-bond donors (Lipinski definition) is 0. The normalized spacial score (nSPS) is 13.3. The number of allylic oxidation sites excluding steroid dienone is 1. The molecule has 9 heteroatoms. The standard InChI is InChI=1S/C30H26O9/c1-6-36-18-8-10-22-21(14-18)27(16(2)37-22)30(32)38-19-7-9-20-23(15-19)39-24(28(20)31)11-17-12-25(33-3)29(35-5)26(13-17)34-4/h7-15H,6H2,1-5H3. The first-order chi connectivity index (χ1) is 18.9. The van der Waals surface area contributed by atoms with Gasteiger partial charge in [-0.1, -0.05) is 0 Å². The van der Waals surface area contributed by atoms with E-state index in [1.165, 1.54) is 27.4 Å². The van der Waals surface area contributed by atoms with Crippen LogP contribution in [0.15, 0.2) is 58.7 Å². The van der Waals surface area contributed by atoms with Crippen molar-refractivity contribution < 1.29 is 42.4 Å². The summed E-state index contributed by atoms with van der Waals surface area (Å²) in [6, 6.07) is 13.3. The zero-order valence-electron chi connectivity index (χ0n) is 22.1. The van der Waals surface area contributed by atoms with Crippen molar-refractivity contribution in [2.24, 2.45) is 0 Å². The predicted octanol–water partition coefficient (Wildman–Crippen LogP) is 6.00. The van der Waals surface area contributed by atoms with Crippen LogP contribution in [0.25, 0.3) is 17.0 Å². The van der Waals surface area contributed by atoms with Gasteiger partial charge in [0.1, 0.15) is 34.2 Å². The fourth-order valence-electron chi connectivity index (χ4n) is 4.43. The molecule has 0 unspecified atom stereocenters. The number of carbonyl (C=O) groups excluding carboxylic acids is 2. The number of fused-ring (bicyclic) bond motifs is 2. The van der Waals surface area contributed by atoms with Crippen molar-refractivity contribution in [1.82, 2.24) is 0 Å². The molecule has 39 heavy (non-hydrogen) atoms. The molecular formula is C30H26O9. The maximum atomic E-state index is 13.1. The molecule has 0 spiro atoms. The summed E-state index contributed by atoms with van der Waals surface area (Å²) >= 11 is 0. The molecule has 4 aromatic rings. The Balaban J connectivity index is 1.41. The first kappa shape index (κ1) is 25.7. The third-order valence-electron chi connectivity index (χ3n) is 6.19. The molecule has 0 fully saturated rings. The molecule has 0 N–H and O–H groups in total. The second-order valence-corrected chi connectivity index (χ2v) is 8.57. The zero-order chi connectivity index (χ0) is 27.7. The van der Waals surface area contributed by atoms with Gasteiger partial charge in [0.15, 0.2) is 17.3 Å². The number of aryl methyl sites for hydroxylation is 1. The van der Waals surface area contributed by atoms with Crippen LogP contribution in [0.5, 0.6) is 34.5 Å². The van der Waals surface area contributed by atoms with Gasteiger partial charge < -0.3 is 32.8 Å². The van der Waals surface area contributed by atoms with Gasteiger partial charge in [-0.2, -0.15) is 0 Å². The van der Waals surface area contributed by atoms with Gasteiger partial charge in [0, 0.05) is 11.5 Å². The molecule has 0 atom stereocenters. The van der Waals surface area contributed by atoms with E-state index in [9.17, 15) is 9.59 Å². The topological polar surface area (TPSA) is 103 Å². The number of hydrogen-bond acceptors (Lipinski definition) is 9. The SMILES string of the molecule is CCOc1ccc2oc(C)c(C(=O)Oc3ccc4c(c3)OC(=Cc3cc(OC)c(OC)c(OC)c3)C4=O)c2c1. The molecule has 1 aliphatic heterocycles. The third-order valence-corrected chi connectivity index (χ3v) is 6.19. The van der Waals surface area contributed by atoms with E-state index in [4.69, 9.17) is 32.8 Å². The largest absolute Gasteiger partial charge is 0.494 e. The van der Waals surface area contributed by atoms with Crippen molar-refractivity contribution >= 4 is 28.8 Å². The highest BCUT2D eigenvalue weighted by molar-refractivity contribution is 6.14. The Hall–Kier alpha value is -4.92.